The van der Waals surface area contributed by atoms with Crippen LogP contribution in [0.3, 0.4) is 0 Å². The third-order valence-corrected chi connectivity index (χ3v) is 5.94. The number of rotatable bonds is 6. The molecular weight excluding hydrogens is 266 g/mol. The zero-order valence-electron chi connectivity index (χ0n) is 13.6. The lowest BCUT2D eigenvalue weighted by Gasteiger charge is -2.35. The number of hydrogen-bond acceptors (Lipinski definition) is 2. The van der Waals surface area contributed by atoms with E-state index in [9.17, 15) is 4.21 Å². The van der Waals surface area contributed by atoms with E-state index in [-0.39, 0.29) is 16.0 Å². The van der Waals surface area contributed by atoms with Gasteiger partial charge in [0.15, 0.2) is 0 Å². The van der Waals surface area contributed by atoms with Crippen LogP contribution in [0.5, 0.6) is 0 Å². The molecule has 0 fully saturated rings. The lowest BCUT2D eigenvalue weighted by Crippen LogP contribution is -2.43. The van der Waals surface area contributed by atoms with Crippen LogP contribution in [0.15, 0.2) is 30.3 Å². The summed E-state index contributed by atoms with van der Waals surface area (Å²) in [5.74, 6) is 0.360. The van der Waals surface area contributed by atoms with E-state index in [1.54, 1.807) is 0 Å². The highest BCUT2D eigenvalue weighted by atomic mass is 32.2. The number of hydrogen-bond donors (Lipinski definition) is 1. The predicted octanol–water partition coefficient (Wildman–Crippen LogP) is 3.91. The van der Waals surface area contributed by atoms with Crippen LogP contribution < -0.4 is 5.32 Å². The summed E-state index contributed by atoms with van der Waals surface area (Å²) in [7, 11) is -0.900. The first-order valence-corrected chi connectivity index (χ1v) is 8.69. The lowest BCUT2D eigenvalue weighted by atomic mass is 9.96. The number of benzene rings is 1. The van der Waals surface area contributed by atoms with Crippen LogP contribution in [0, 0.1) is 5.92 Å². The van der Waals surface area contributed by atoms with Gasteiger partial charge in [-0.1, -0.05) is 51.1 Å². The standard InChI is InChI=1S/C17H29NOS/c1-7-18-15(14-11-9-8-10-12-14)16(13(2)3)20(19)17(4,5)6/h8-13,15-16,18H,7H2,1-6H3. The summed E-state index contributed by atoms with van der Waals surface area (Å²) in [5.41, 5.74) is 1.23. The summed E-state index contributed by atoms with van der Waals surface area (Å²) in [6, 6.07) is 10.5. The Labute approximate surface area is 126 Å². The van der Waals surface area contributed by atoms with Gasteiger partial charge < -0.3 is 5.32 Å². The fourth-order valence-electron chi connectivity index (χ4n) is 2.47. The summed E-state index contributed by atoms with van der Waals surface area (Å²) in [6.07, 6.45) is 0. The molecule has 20 heavy (non-hydrogen) atoms. The van der Waals surface area contributed by atoms with Gasteiger partial charge in [0.1, 0.15) is 0 Å². The molecule has 0 radical (unpaired) electrons. The number of nitrogens with one attached hydrogen (secondary N) is 1. The van der Waals surface area contributed by atoms with E-state index in [0.29, 0.717) is 5.92 Å². The summed E-state index contributed by atoms with van der Waals surface area (Å²) in [5, 5.41) is 3.65. The maximum absolute atomic E-state index is 13.0. The Morgan fingerprint density at radius 3 is 2.10 bits per heavy atom. The van der Waals surface area contributed by atoms with Crippen LogP contribution in [-0.4, -0.2) is 20.8 Å². The molecule has 0 heterocycles. The molecular formula is C17H29NOS. The Morgan fingerprint density at radius 1 is 1.15 bits per heavy atom. The quantitative estimate of drug-likeness (QED) is 0.862. The fraction of sp³-hybridized carbons (Fsp3) is 0.647. The molecule has 0 aliphatic carbocycles. The molecule has 1 aromatic rings. The van der Waals surface area contributed by atoms with Crippen molar-refractivity contribution < 1.29 is 4.21 Å². The second-order valence-corrected chi connectivity index (χ2v) is 8.93. The normalized spacial score (nSPS) is 16.9. The van der Waals surface area contributed by atoms with Gasteiger partial charge in [-0.2, -0.15) is 0 Å². The highest BCUT2D eigenvalue weighted by Crippen LogP contribution is 2.31. The Bertz CT molecular complexity index is 422. The molecule has 0 saturated carbocycles. The molecule has 0 bridgehead atoms. The maximum Gasteiger partial charge on any atom is 0.0571 e. The largest absolute Gasteiger partial charge is 0.309 e. The van der Waals surface area contributed by atoms with Gasteiger partial charge in [0, 0.05) is 21.6 Å². The second-order valence-electron chi connectivity index (χ2n) is 6.56. The first kappa shape index (κ1) is 17.4. The monoisotopic (exact) mass is 295 g/mol. The third-order valence-electron chi connectivity index (χ3n) is 3.42. The first-order chi connectivity index (χ1) is 9.29. The second kappa shape index (κ2) is 7.37. The van der Waals surface area contributed by atoms with E-state index in [2.05, 4.69) is 71.1 Å². The van der Waals surface area contributed by atoms with E-state index < -0.39 is 10.8 Å². The molecule has 2 nitrogen and oxygen atoms in total. The summed E-state index contributed by atoms with van der Waals surface area (Å²) in [4.78, 5) is 0. The van der Waals surface area contributed by atoms with Gasteiger partial charge in [0.2, 0.25) is 0 Å². The van der Waals surface area contributed by atoms with E-state index in [4.69, 9.17) is 0 Å². The van der Waals surface area contributed by atoms with E-state index >= 15 is 0 Å². The summed E-state index contributed by atoms with van der Waals surface area (Å²) < 4.78 is 12.8. The Hall–Kier alpha value is -0.670. The van der Waals surface area contributed by atoms with Gasteiger partial charge in [-0.3, -0.25) is 4.21 Å². The zero-order chi connectivity index (χ0) is 15.3. The molecule has 0 saturated heterocycles. The highest BCUT2D eigenvalue weighted by molar-refractivity contribution is 7.87. The average Bonchev–Trinajstić information content (AvgIpc) is 2.37. The zero-order valence-corrected chi connectivity index (χ0v) is 14.5. The lowest BCUT2D eigenvalue weighted by molar-refractivity contribution is 0.437. The summed E-state index contributed by atoms with van der Waals surface area (Å²) >= 11 is 0. The van der Waals surface area contributed by atoms with Crippen LogP contribution in [-0.2, 0) is 10.8 Å². The molecule has 114 valence electrons. The van der Waals surface area contributed by atoms with Gasteiger partial charge in [0.05, 0.1) is 5.25 Å². The van der Waals surface area contributed by atoms with Crippen LogP contribution >= 0.6 is 0 Å². The van der Waals surface area contributed by atoms with Crippen LogP contribution in [0.1, 0.15) is 53.1 Å². The van der Waals surface area contributed by atoms with Gasteiger partial charge in [-0.25, -0.2) is 0 Å². The van der Waals surface area contributed by atoms with Crippen molar-refractivity contribution in [3.05, 3.63) is 35.9 Å². The van der Waals surface area contributed by atoms with Crippen molar-refractivity contribution in [1.82, 2.24) is 5.32 Å². The minimum atomic E-state index is -0.900. The van der Waals surface area contributed by atoms with Crippen LogP contribution in [0.2, 0.25) is 0 Å². The Morgan fingerprint density at radius 2 is 1.70 bits per heavy atom. The van der Waals surface area contributed by atoms with E-state index in [0.717, 1.165) is 6.54 Å². The summed E-state index contributed by atoms with van der Waals surface area (Å²) in [6.45, 7) is 13.5. The van der Waals surface area contributed by atoms with Crippen molar-refractivity contribution in [2.45, 2.75) is 57.6 Å². The van der Waals surface area contributed by atoms with E-state index in [1.165, 1.54) is 5.56 Å². The third kappa shape index (κ3) is 4.42. The molecule has 1 N–H and O–H groups in total. The predicted molar refractivity (Wildman–Crippen MR) is 89.4 cm³/mol. The maximum atomic E-state index is 13.0. The molecule has 0 aliphatic rings. The Balaban J connectivity index is 3.17. The SMILES string of the molecule is CCNC(c1ccccc1)C(C(C)C)S(=O)C(C)(C)C. The smallest absolute Gasteiger partial charge is 0.0571 e. The molecule has 3 unspecified atom stereocenters. The topological polar surface area (TPSA) is 29.1 Å². The van der Waals surface area contributed by atoms with Crippen molar-refractivity contribution in [3.8, 4) is 0 Å². The van der Waals surface area contributed by atoms with Crippen molar-refractivity contribution in [2.75, 3.05) is 6.54 Å². The minimum Gasteiger partial charge on any atom is -0.309 e. The van der Waals surface area contributed by atoms with Crippen LogP contribution in [0.25, 0.3) is 0 Å². The van der Waals surface area contributed by atoms with Gasteiger partial charge in [-0.05, 0) is 38.8 Å². The van der Waals surface area contributed by atoms with E-state index in [1.807, 2.05) is 6.07 Å². The molecule has 3 heteroatoms. The molecule has 1 aromatic carbocycles. The average molecular weight is 295 g/mol. The minimum absolute atomic E-state index is 0.109. The van der Waals surface area contributed by atoms with Crippen molar-refractivity contribution in [3.63, 3.8) is 0 Å². The molecule has 1 rings (SSSR count). The fourth-order valence-corrected chi connectivity index (χ4v) is 4.28. The first-order valence-electron chi connectivity index (χ1n) is 7.48. The highest BCUT2D eigenvalue weighted by Gasteiger charge is 2.36. The van der Waals surface area contributed by atoms with Crippen LogP contribution in [0.4, 0.5) is 0 Å². The molecule has 0 spiro atoms. The molecule has 0 aliphatic heterocycles. The van der Waals surface area contributed by atoms with Crippen molar-refractivity contribution >= 4 is 10.8 Å². The molecule has 0 amide bonds. The molecule has 3 atom stereocenters. The van der Waals surface area contributed by atoms with Crippen molar-refractivity contribution in [2.24, 2.45) is 5.92 Å². The van der Waals surface area contributed by atoms with Gasteiger partial charge >= 0.3 is 0 Å². The van der Waals surface area contributed by atoms with Gasteiger partial charge in [0.25, 0.3) is 0 Å². The van der Waals surface area contributed by atoms with Crippen molar-refractivity contribution in [1.29, 1.82) is 0 Å². The van der Waals surface area contributed by atoms with Gasteiger partial charge in [-0.15, -0.1) is 0 Å². The molecule has 0 aromatic heterocycles. The Kier molecular flexibility index (Phi) is 6.41.